The van der Waals surface area contributed by atoms with Crippen LogP contribution < -0.4 is 0 Å². The first-order valence-corrected chi connectivity index (χ1v) is 9.45. The van der Waals surface area contributed by atoms with E-state index in [9.17, 15) is 9.90 Å². The van der Waals surface area contributed by atoms with Gasteiger partial charge in [0.05, 0.1) is 24.8 Å². The number of carbonyl (C=O) groups is 1. The summed E-state index contributed by atoms with van der Waals surface area (Å²) in [5.74, 6) is -0.308. The lowest BCUT2D eigenvalue weighted by Crippen LogP contribution is -2.55. The number of fused-ring (bicyclic) bond motifs is 3. The van der Waals surface area contributed by atoms with Gasteiger partial charge in [-0.05, 0) is 37.0 Å². The van der Waals surface area contributed by atoms with Gasteiger partial charge in [0, 0.05) is 29.6 Å². The molecule has 0 unspecified atom stereocenters. The zero-order chi connectivity index (χ0) is 18.1. The van der Waals surface area contributed by atoms with E-state index < -0.39 is 0 Å². The van der Waals surface area contributed by atoms with E-state index in [1.807, 2.05) is 6.07 Å². The highest BCUT2D eigenvalue weighted by molar-refractivity contribution is 6.13. The largest absolute Gasteiger partial charge is 0.464 e. The molecule has 4 heterocycles. The second-order valence-corrected chi connectivity index (χ2v) is 7.83. The summed E-state index contributed by atoms with van der Waals surface area (Å²) >= 11 is 0. The fraction of sp³-hybridized carbons (Fsp3) is 0.476. The summed E-state index contributed by atoms with van der Waals surface area (Å²) in [5, 5.41) is 11.8. The van der Waals surface area contributed by atoms with Crippen molar-refractivity contribution in [2.75, 3.05) is 20.2 Å². The van der Waals surface area contributed by atoms with Gasteiger partial charge in [-0.25, -0.2) is 4.79 Å². The first-order valence-electron chi connectivity index (χ1n) is 9.45. The molecule has 26 heavy (non-hydrogen) atoms. The van der Waals surface area contributed by atoms with E-state index >= 15 is 0 Å². The van der Waals surface area contributed by atoms with Crippen molar-refractivity contribution < 1.29 is 14.6 Å². The van der Waals surface area contributed by atoms with Crippen LogP contribution >= 0.6 is 0 Å². The van der Waals surface area contributed by atoms with E-state index in [0.717, 1.165) is 24.9 Å². The Morgan fingerprint density at radius 1 is 1.38 bits per heavy atom. The number of para-hydroxylation sites is 1. The van der Waals surface area contributed by atoms with Crippen LogP contribution in [0.25, 0.3) is 16.6 Å². The molecule has 5 nitrogen and oxygen atoms in total. The minimum atomic E-state index is -0.362. The summed E-state index contributed by atoms with van der Waals surface area (Å²) < 4.78 is 7.27. The number of aromatic nitrogens is 1. The van der Waals surface area contributed by atoms with Gasteiger partial charge in [0.25, 0.3) is 0 Å². The van der Waals surface area contributed by atoms with Crippen molar-refractivity contribution in [3.05, 3.63) is 41.6 Å². The number of carbonyl (C=O) groups excluding carboxylic acids is 1. The van der Waals surface area contributed by atoms with Crippen LogP contribution in [0.3, 0.4) is 0 Å². The molecule has 0 radical (unpaired) electrons. The summed E-state index contributed by atoms with van der Waals surface area (Å²) in [6.07, 6.45) is 4.24. The van der Waals surface area contributed by atoms with E-state index in [2.05, 4.69) is 40.7 Å². The molecular weight excluding hydrogens is 328 g/mol. The van der Waals surface area contributed by atoms with Crippen molar-refractivity contribution in [3.8, 4) is 0 Å². The molecule has 1 N–H and O–H groups in total. The maximum absolute atomic E-state index is 12.7. The van der Waals surface area contributed by atoms with E-state index in [0.29, 0.717) is 18.7 Å². The average molecular weight is 352 g/mol. The number of ether oxygens (including phenoxy) is 1. The SMILES string of the molecule is CC[C@@]12C=C(C(=O)OC)n3c4c(c5ccccc53)CCN(C[C@@H](O)C1)[C@H]42. The second-order valence-electron chi connectivity index (χ2n) is 7.83. The number of esters is 1. The van der Waals surface area contributed by atoms with E-state index in [4.69, 9.17) is 4.74 Å². The van der Waals surface area contributed by atoms with Crippen molar-refractivity contribution >= 4 is 22.6 Å². The van der Waals surface area contributed by atoms with Gasteiger partial charge >= 0.3 is 5.97 Å². The number of piperidine rings is 1. The fourth-order valence-corrected chi connectivity index (χ4v) is 5.58. The lowest BCUT2D eigenvalue weighted by molar-refractivity contribution is -0.134. The number of methoxy groups -OCH3 is 1. The smallest absolute Gasteiger partial charge is 0.354 e. The third-order valence-electron chi connectivity index (χ3n) is 6.62. The first kappa shape index (κ1) is 16.1. The Kier molecular flexibility index (Phi) is 3.37. The number of rotatable bonds is 2. The zero-order valence-electron chi connectivity index (χ0n) is 15.2. The topological polar surface area (TPSA) is 54.7 Å². The van der Waals surface area contributed by atoms with Crippen LogP contribution in [0.1, 0.15) is 37.1 Å². The van der Waals surface area contributed by atoms with Gasteiger partial charge in [0.15, 0.2) is 0 Å². The van der Waals surface area contributed by atoms with Gasteiger partial charge in [0.2, 0.25) is 0 Å². The highest BCUT2D eigenvalue weighted by Crippen LogP contribution is 2.57. The second kappa shape index (κ2) is 5.44. The summed E-state index contributed by atoms with van der Waals surface area (Å²) in [6, 6.07) is 8.55. The van der Waals surface area contributed by atoms with Crippen LogP contribution in [0.2, 0.25) is 0 Å². The van der Waals surface area contributed by atoms with Gasteiger partial charge in [-0.15, -0.1) is 0 Å². The van der Waals surface area contributed by atoms with Crippen molar-refractivity contribution in [1.29, 1.82) is 0 Å². The predicted octanol–water partition coefficient (Wildman–Crippen LogP) is 2.73. The van der Waals surface area contributed by atoms with Crippen molar-refractivity contribution in [2.45, 2.75) is 38.3 Å². The Morgan fingerprint density at radius 2 is 2.19 bits per heavy atom. The minimum absolute atomic E-state index is 0.209. The quantitative estimate of drug-likeness (QED) is 0.845. The molecule has 3 aliphatic rings. The van der Waals surface area contributed by atoms with Crippen LogP contribution in [-0.4, -0.2) is 46.8 Å². The molecule has 5 rings (SSSR count). The number of hydrogen-bond acceptors (Lipinski definition) is 4. The maximum Gasteiger partial charge on any atom is 0.354 e. The Morgan fingerprint density at radius 3 is 2.96 bits per heavy atom. The molecular formula is C21H24N2O3. The van der Waals surface area contributed by atoms with E-state index in [1.165, 1.54) is 23.8 Å². The van der Waals surface area contributed by atoms with Crippen molar-refractivity contribution in [1.82, 2.24) is 9.47 Å². The van der Waals surface area contributed by atoms with Crippen molar-refractivity contribution in [3.63, 3.8) is 0 Å². The molecule has 1 aromatic carbocycles. The van der Waals surface area contributed by atoms with Gasteiger partial charge < -0.3 is 14.4 Å². The Balaban J connectivity index is 1.88. The molecule has 1 fully saturated rings. The number of nitrogens with zero attached hydrogens (tertiary/aromatic N) is 2. The molecule has 5 heteroatoms. The lowest BCUT2D eigenvalue weighted by Gasteiger charge is -2.54. The summed E-state index contributed by atoms with van der Waals surface area (Å²) in [7, 11) is 1.44. The number of benzene rings is 1. The molecule has 0 aliphatic carbocycles. The average Bonchev–Trinajstić information content (AvgIpc) is 3.00. The Hall–Kier alpha value is -2.11. The van der Waals surface area contributed by atoms with Gasteiger partial charge in [-0.2, -0.15) is 0 Å². The number of aliphatic hydroxyl groups is 1. The molecule has 0 saturated carbocycles. The normalized spacial score (nSPS) is 30.0. The summed E-state index contributed by atoms with van der Waals surface area (Å²) in [5.41, 5.74) is 4.02. The Bertz CT molecular complexity index is 944. The molecule has 0 bridgehead atoms. The molecule has 0 amide bonds. The maximum atomic E-state index is 12.7. The van der Waals surface area contributed by atoms with Crippen LogP contribution in [0.5, 0.6) is 0 Å². The van der Waals surface area contributed by atoms with Gasteiger partial charge in [-0.1, -0.05) is 25.1 Å². The summed E-state index contributed by atoms with van der Waals surface area (Å²) in [4.78, 5) is 15.1. The summed E-state index contributed by atoms with van der Waals surface area (Å²) in [6.45, 7) is 3.81. The molecule has 0 spiro atoms. The van der Waals surface area contributed by atoms with Crippen LogP contribution in [-0.2, 0) is 16.0 Å². The number of hydrogen-bond donors (Lipinski definition) is 1. The molecule has 136 valence electrons. The highest BCUT2D eigenvalue weighted by atomic mass is 16.5. The highest BCUT2D eigenvalue weighted by Gasteiger charge is 2.53. The molecule has 3 atom stereocenters. The van der Waals surface area contributed by atoms with Crippen molar-refractivity contribution in [2.24, 2.45) is 5.41 Å². The minimum Gasteiger partial charge on any atom is -0.464 e. The van der Waals surface area contributed by atoms with Gasteiger partial charge in [0.1, 0.15) is 5.70 Å². The van der Waals surface area contributed by atoms with Crippen LogP contribution in [0.4, 0.5) is 0 Å². The number of aliphatic hydroxyl groups excluding tert-OH is 1. The predicted molar refractivity (Wildman–Crippen MR) is 99.6 cm³/mol. The molecule has 1 saturated heterocycles. The third-order valence-corrected chi connectivity index (χ3v) is 6.62. The standard InChI is InChI=1S/C21H24N2O3/c1-3-21-10-13(24)12-22-9-8-15-14-6-4-5-7-16(14)23(18(15)19(21)22)17(11-21)20(25)26-2/h4-7,11,13,19,24H,3,8-10,12H2,1-2H3/t13-,19+,21-/m0/s1. The lowest BCUT2D eigenvalue weighted by atomic mass is 9.65. The van der Waals surface area contributed by atoms with Crippen LogP contribution in [0, 0.1) is 5.41 Å². The third kappa shape index (κ3) is 1.90. The fourth-order valence-electron chi connectivity index (χ4n) is 5.58. The van der Waals surface area contributed by atoms with E-state index in [1.54, 1.807) is 0 Å². The van der Waals surface area contributed by atoms with Crippen LogP contribution in [0.15, 0.2) is 30.3 Å². The van der Waals surface area contributed by atoms with Gasteiger partial charge in [-0.3, -0.25) is 4.90 Å². The van der Waals surface area contributed by atoms with E-state index in [-0.39, 0.29) is 23.5 Å². The monoisotopic (exact) mass is 352 g/mol. The molecule has 2 aromatic rings. The molecule has 3 aliphatic heterocycles. The zero-order valence-corrected chi connectivity index (χ0v) is 15.2. The Labute approximate surface area is 152 Å². The molecule has 1 aromatic heterocycles. The first-order chi connectivity index (χ1) is 12.6.